The summed E-state index contributed by atoms with van der Waals surface area (Å²) in [5, 5.41) is 20.7. The topological polar surface area (TPSA) is 150 Å². The molecule has 2 heterocycles. The third-order valence-corrected chi connectivity index (χ3v) is 11.9. The standard InChI is InChI=1S/C45H52F2N4O5/c1-27-33(13-5-15-39(27)46)41-35(43(54)29-9-3-11-31(52)21-29)23-50(19-7-17-48)25-37(41)45(56)38-26-51(20-8-18-49)24-36(44(55)30-10-4-12-32(53)22-30)42(38)34-14-6-16-40(47)28(34)2/h3-6,9-16,21-22,35-38,41-42,52-53H,7-8,17-20,23-26,48-49H2,1-2H3/t35-,36?,37+,38?,41-,42?/m0/s1. The number of piperidine rings is 2. The molecular formula is C45H52F2N4O5. The van der Waals surface area contributed by atoms with Gasteiger partial charge in [0.1, 0.15) is 28.9 Å². The van der Waals surface area contributed by atoms with Crippen molar-refractivity contribution in [3.63, 3.8) is 0 Å². The zero-order valence-corrected chi connectivity index (χ0v) is 32.0. The van der Waals surface area contributed by atoms with Crippen molar-refractivity contribution >= 4 is 17.3 Å². The van der Waals surface area contributed by atoms with Gasteiger partial charge in [-0.1, -0.05) is 48.5 Å². The number of likely N-dealkylation sites (tertiary alicyclic amines) is 2. The Morgan fingerprint density at radius 3 is 1.36 bits per heavy atom. The largest absolute Gasteiger partial charge is 0.508 e. The molecule has 2 saturated heterocycles. The Bertz CT molecular complexity index is 1920. The van der Waals surface area contributed by atoms with Gasteiger partial charge in [-0.25, -0.2) is 8.78 Å². The molecule has 0 radical (unpaired) electrons. The van der Waals surface area contributed by atoms with Crippen LogP contribution in [0.2, 0.25) is 0 Å². The number of hydrogen-bond donors (Lipinski definition) is 4. The smallest absolute Gasteiger partial charge is 0.167 e. The molecule has 0 aliphatic carbocycles. The van der Waals surface area contributed by atoms with Gasteiger partial charge in [0.2, 0.25) is 0 Å². The van der Waals surface area contributed by atoms with Crippen LogP contribution in [0.5, 0.6) is 11.5 Å². The molecule has 6 rings (SSSR count). The normalized spacial score (nSPS) is 23.2. The Hall–Kier alpha value is -4.81. The Kier molecular flexibility index (Phi) is 13.1. The molecule has 296 valence electrons. The molecule has 6 N–H and O–H groups in total. The fourth-order valence-electron chi connectivity index (χ4n) is 9.16. The fourth-order valence-corrected chi connectivity index (χ4v) is 9.16. The van der Waals surface area contributed by atoms with E-state index in [-0.39, 0.29) is 66.2 Å². The number of carbonyl (C=O) groups excluding carboxylic acids is 3. The number of phenols is 2. The summed E-state index contributed by atoms with van der Waals surface area (Å²) in [5.41, 5.74) is 14.2. The summed E-state index contributed by atoms with van der Waals surface area (Å²) in [4.78, 5) is 49.3. The predicted octanol–water partition coefficient (Wildman–Crippen LogP) is 5.99. The number of benzene rings is 4. The monoisotopic (exact) mass is 766 g/mol. The molecular weight excluding hydrogens is 715 g/mol. The molecule has 9 nitrogen and oxygen atoms in total. The van der Waals surface area contributed by atoms with E-state index in [0.29, 0.717) is 61.3 Å². The van der Waals surface area contributed by atoms with Gasteiger partial charge in [0, 0.05) is 72.8 Å². The van der Waals surface area contributed by atoms with E-state index in [1.165, 1.54) is 36.4 Å². The lowest BCUT2D eigenvalue weighted by molar-refractivity contribution is -0.133. The van der Waals surface area contributed by atoms with Gasteiger partial charge in [-0.15, -0.1) is 0 Å². The van der Waals surface area contributed by atoms with E-state index < -0.39 is 47.1 Å². The minimum Gasteiger partial charge on any atom is -0.508 e. The van der Waals surface area contributed by atoms with Crippen molar-refractivity contribution in [2.75, 3.05) is 52.4 Å². The maximum atomic E-state index is 15.9. The highest BCUT2D eigenvalue weighted by Crippen LogP contribution is 2.47. The first-order valence-corrected chi connectivity index (χ1v) is 19.5. The average molecular weight is 767 g/mol. The molecule has 3 unspecified atom stereocenters. The van der Waals surface area contributed by atoms with Gasteiger partial charge in [0.25, 0.3) is 0 Å². The average Bonchev–Trinajstić information content (AvgIpc) is 3.20. The van der Waals surface area contributed by atoms with Crippen LogP contribution in [0, 0.1) is 49.2 Å². The Balaban J connectivity index is 1.54. The molecule has 56 heavy (non-hydrogen) atoms. The first kappa shape index (κ1) is 40.8. The predicted molar refractivity (Wildman–Crippen MR) is 212 cm³/mol. The second kappa shape index (κ2) is 18.0. The zero-order chi connectivity index (χ0) is 40.1. The van der Waals surface area contributed by atoms with Gasteiger partial charge < -0.3 is 31.5 Å². The van der Waals surface area contributed by atoms with Crippen LogP contribution in [-0.4, -0.2) is 89.7 Å². The molecule has 2 fully saturated rings. The first-order valence-electron chi connectivity index (χ1n) is 19.5. The quantitative estimate of drug-likeness (QED) is 0.114. The van der Waals surface area contributed by atoms with E-state index in [9.17, 15) is 19.8 Å². The van der Waals surface area contributed by atoms with Crippen LogP contribution >= 0.6 is 0 Å². The number of ketones is 3. The summed E-state index contributed by atoms with van der Waals surface area (Å²) < 4.78 is 31.0. The van der Waals surface area contributed by atoms with Crippen molar-refractivity contribution in [2.45, 2.75) is 38.5 Å². The van der Waals surface area contributed by atoms with Gasteiger partial charge in [0.15, 0.2) is 11.6 Å². The van der Waals surface area contributed by atoms with Gasteiger partial charge in [-0.2, -0.15) is 0 Å². The molecule has 2 aliphatic heterocycles. The van der Waals surface area contributed by atoms with Gasteiger partial charge in [-0.3, -0.25) is 14.4 Å². The minimum atomic E-state index is -0.847. The van der Waals surface area contributed by atoms with Crippen LogP contribution in [-0.2, 0) is 4.79 Å². The number of nitrogens with two attached hydrogens (primary N) is 2. The van der Waals surface area contributed by atoms with Crippen LogP contribution in [0.3, 0.4) is 0 Å². The summed E-state index contributed by atoms with van der Waals surface area (Å²) in [5.74, 6) is -6.70. The zero-order valence-electron chi connectivity index (χ0n) is 32.0. The van der Waals surface area contributed by atoms with Crippen LogP contribution in [0.25, 0.3) is 0 Å². The highest BCUT2D eigenvalue weighted by atomic mass is 19.1. The van der Waals surface area contributed by atoms with Crippen molar-refractivity contribution in [3.05, 3.63) is 130 Å². The highest BCUT2D eigenvalue weighted by Gasteiger charge is 2.51. The fraction of sp³-hybridized carbons (Fsp3) is 0.400. The number of halogens is 2. The number of rotatable bonds is 14. The molecule has 0 spiro atoms. The third kappa shape index (κ3) is 8.61. The Morgan fingerprint density at radius 1 is 0.607 bits per heavy atom. The number of phenolic OH excluding ortho intramolecular Hbond substituents is 2. The lowest BCUT2D eigenvalue weighted by Gasteiger charge is -2.48. The van der Waals surface area contributed by atoms with Crippen LogP contribution in [0.15, 0.2) is 84.9 Å². The molecule has 2 aliphatic rings. The summed E-state index contributed by atoms with van der Waals surface area (Å²) in [6, 6.07) is 21.7. The van der Waals surface area contributed by atoms with Crippen molar-refractivity contribution in [2.24, 2.45) is 35.1 Å². The molecule has 0 amide bonds. The van der Waals surface area contributed by atoms with Crippen molar-refractivity contribution in [1.82, 2.24) is 9.80 Å². The summed E-state index contributed by atoms with van der Waals surface area (Å²) in [6.45, 7) is 6.17. The molecule has 4 aromatic rings. The van der Waals surface area contributed by atoms with E-state index >= 15 is 13.6 Å². The maximum Gasteiger partial charge on any atom is 0.167 e. The van der Waals surface area contributed by atoms with Crippen molar-refractivity contribution in [1.29, 1.82) is 0 Å². The summed E-state index contributed by atoms with van der Waals surface area (Å²) in [6.07, 6.45) is 1.22. The number of Topliss-reactive ketones (excluding diaryl/α,β-unsaturated/α-hetero) is 3. The lowest BCUT2D eigenvalue weighted by Crippen LogP contribution is -2.56. The first-order chi connectivity index (χ1) is 26.9. The third-order valence-electron chi connectivity index (χ3n) is 11.9. The highest BCUT2D eigenvalue weighted by molar-refractivity contribution is 6.01. The molecule has 6 atom stereocenters. The van der Waals surface area contributed by atoms with E-state index in [1.54, 1.807) is 62.4 Å². The Labute approximate surface area is 327 Å². The second-order valence-electron chi connectivity index (χ2n) is 15.4. The number of nitrogens with zero attached hydrogens (tertiary/aromatic N) is 2. The molecule has 0 aromatic heterocycles. The van der Waals surface area contributed by atoms with E-state index in [1.807, 2.05) is 0 Å². The van der Waals surface area contributed by atoms with Gasteiger partial charge in [0.05, 0.1) is 0 Å². The number of aromatic hydroxyl groups is 2. The molecule has 0 saturated carbocycles. The van der Waals surface area contributed by atoms with Crippen LogP contribution < -0.4 is 11.5 Å². The minimum absolute atomic E-state index is 0.0757. The number of hydrogen-bond acceptors (Lipinski definition) is 9. The van der Waals surface area contributed by atoms with Crippen LogP contribution in [0.4, 0.5) is 8.78 Å². The van der Waals surface area contributed by atoms with Crippen molar-refractivity contribution in [3.8, 4) is 11.5 Å². The summed E-state index contributed by atoms with van der Waals surface area (Å²) in [7, 11) is 0. The molecule has 11 heteroatoms. The van der Waals surface area contributed by atoms with Gasteiger partial charge >= 0.3 is 0 Å². The Morgan fingerprint density at radius 2 is 0.982 bits per heavy atom. The second-order valence-corrected chi connectivity index (χ2v) is 15.4. The summed E-state index contributed by atoms with van der Waals surface area (Å²) >= 11 is 0. The number of carbonyl (C=O) groups is 3. The van der Waals surface area contributed by atoms with Crippen LogP contribution in [0.1, 0.15) is 67.6 Å². The molecule has 4 aromatic carbocycles. The maximum absolute atomic E-state index is 15.9. The SMILES string of the molecule is Cc1c(F)cccc1C1C(C(=O)c2cccc(O)c2)CN(CCCN)CC1C(=O)[C@@H]1CN(CCCN)C[C@H](C(=O)c2cccc(O)c2)[C@@H]1c1cccc(F)c1C. The molecule has 0 bridgehead atoms. The van der Waals surface area contributed by atoms with E-state index in [4.69, 9.17) is 11.5 Å². The van der Waals surface area contributed by atoms with Crippen molar-refractivity contribution < 1.29 is 33.4 Å². The van der Waals surface area contributed by atoms with E-state index in [2.05, 4.69) is 9.80 Å². The van der Waals surface area contributed by atoms with E-state index in [0.717, 1.165) is 0 Å². The lowest BCUT2D eigenvalue weighted by atomic mass is 9.62. The van der Waals surface area contributed by atoms with Gasteiger partial charge in [-0.05, 0) is 112 Å².